The van der Waals surface area contributed by atoms with Gasteiger partial charge in [-0.05, 0) is 30.4 Å². The first-order valence-electron chi connectivity index (χ1n) is 7.47. The maximum Gasteiger partial charge on any atom is 0.340 e. The molecule has 1 aromatic carbocycles. The fourth-order valence-corrected chi connectivity index (χ4v) is 3.41. The number of benzene rings is 1. The van der Waals surface area contributed by atoms with Crippen molar-refractivity contribution in [3.63, 3.8) is 0 Å². The number of nitrogens with zero attached hydrogens (tertiary/aromatic N) is 1. The first-order chi connectivity index (χ1) is 10.8. The zero-order valence-corrected chi connectivity index (χ0v) is 14.7. The Labute approximate surface area is 145 Å². The minimum atomic E-state index is -0.710. The first kappa shape index (κ1) is 17.9. The van der Waals surface area contributed by atoms with Crippen molar-refractivity contribution in [1.29, 1.82) is 0 Å². The number of nitrogen functional groups attached to an aromatic ring is 1. The van der Waals surface area contributed by atoms with Gasteiger partial charge in [0.1, 0.15) is 0 Å². The predicted octanol–water partition coefficient (Wildman–Crippen LogP) is 3.24. The predicted molar refractivity (Wildman–Crippen MR) is 90.7 cm³/mol. The van der Waals surface area contributed by atoms with E-state index in [4.69, 9.17) is 33.7 Å². The van der Waals surface area contributed by atoms with Crippen LogP contribution in [0.15, 0.2) is 12.1 Å². The van der Waals surface area contributed by atoms with E-state index in [1.54, 1.807) is 4.90 Å². The number of amides is 1. The van der Waals surface area contributed by atoms with E-state index in [0.29, 0.717) is 24.9 Å². The molecule has 2 unspecified atom stereocenters. The van der Waals surface area contributed by atoms with Crippen LogP contribution >= 0.6 is 23.2 Å². The van der Waals surface area contributed by atoms with E-state index in [0.717, 1.165) is 6.42 Å². The second-order valence-electron chi connectivity index (χ2n) is 6.17. The van der Waals surface area contributed by atoms with Gasteiger partial charge in [0.25, 0.3) is 5.91 Å². The quantitative estimate of drug-likeness (QED) is 0.664. The molecule has 1 aliphatic heterocycles. The molecule has 7 heteroatoms. The van der Waals surface area contributed by atoms with Crippen LogP contribution in [-0.4, -0.2) is 36.5 Å². The topological polar surface area (TPSA) is 72.6 Å². The van der Waals surface area contributed by atoms with E-state index >= 15 is 0 Å². The Morgan fingerprint density at radius 1 is 1.26 bits per heavy atom. The van der Waals surface area contributed by atoms with Crippen LogP contribution in [0.5, 0.6) is 0 Å². The number of piperidine rings is 1. The third kappa shape index (κ3) is 4.52. The highest BCUT2D eigenvalue weighted by atomic mass is 35.5. The highest BCUT2D eigenvalue weighted by Gasteiger charge is 2.26. The van der Waals surface area contributed by atoms with Crippen molar-refractivity contribution in [2.24, 2.45) is 11.8 Å². The van der Waals surface area contributed by atoms with Crippen molar-refractivity contribution in [3.05, 3.63) is 27.7 Å². The number of halogens is 2. The van der Waals surface area contributed by atoms with Crippen LogP contribution in [0, 0.1) is 11.8 Å². The van der Waals surface area contributed by atoms with Gasteiger partial charge in [0, 0.05) is 18.1 Å². The molecule has 1 fully saturated rings. The molecule has 0 aliphatic carbocycles. The minimum Gasteiger partial charge on any atom is -0.452 e. The summed E-state index contributed by atoms with van der Waals surface area (Å²) in [6.45, 7) is 5.27. The number of rotatable bonds is 3. The summed E-state index contributed by atoms with van der Waals surface area (Å²) in [4.78, 5) is 26.0. The maximum absolute atomic E-state index is 12.2. The van der Waals surface area contributed by atoms with Crippen molar-refractivity contribution in [1.82, 2.24) is 4.90 Å². The molecule has 1 aromatic rings. The number of anilines is 1. The van der Waals surface area contributed by atoms with Gasteiger partial charge in [-0.3, -0.25) is 4.79 Å². The van der Waals surface area contributed by atoms with Gasteiger partial charge in [-0.2, -0.15) is 0 Å². The summed E-state index contributed by atoms with van der Waals surface area (Å²) >= 11 is 11.7. The SMILES string of the molecule is CC1CC(C)CN(C(=O)COC(=O)c2cc(Cl)cc(Cl)c2N)C1. The molecule has 2 N–H and O–H groups in total. The van der Waals surface area contributed by atoms with Crippen LogP contribution in [0.3, 0.4) is 0 Å². The summed E-state index contributed by atoms with van der Waals surface area (Å²) in [5.41, 5.74) is 5.91. The van der Waals surface area contributed by atoms with Gasteiger partial charge in [0.15, 0.2) is 6.61 Å². The minimum absolute atomic E-state index is 0.0654. The third-order valence-electron chi connectivity index (χ3n) is 3.86. The molecule has 1 aliphatic rings. The van der Waals surface area contributed by atoms with Gasteiger partial charge in [-0.25, -0.2) is 4.79 Å². The Hall–Kier alpha value is -1.46. The summed E-state index contributed by atoms with van der Waals surface area (Å²) in [7, 11) is 0. The van der Waals surface area contributed by atoms with E-state index in [2.05, 4.69) is 13.8 Å². The highest BCUT2D eigenvalue weighted by Crippen LogP contribution is 2.28. The van der Waals surface area contributed by atoms with Gasteiger partial charge in [0.05, 0.1) is 16.3 Å². The molecule has 0 aromatic heterocycles. The smallest absolute Gasteiger partial charge is 0.340 e. The van der Waals surface area contributed by atoms with Crippen LogP contribution in [0.4, 0.5) is 5.69 Å². The van der Waals surface area contributed by atoms with Gasteiger partial charge in [-0.15, -0.1) is 0 Å². The number of carbonyl (C=O) groups excluding carboxylic acids is 2. The largest absolute Gasteiger partial charge is 0.452 e. The molecule has 23 heavy (non-hydrogen) atoms. The van der Waals surface area contributed by atoms with Gasteiger partial charge in [-0.1, -0.05) is 37.0 Å². The second-order valence-corrected chi connectivity index (χ2v) is 7.01. The number of likely N-dealkylation sites (tertiary alicyclic amines) is 1. The summed E-state index contributed by atoms with van der Waals surface area (Å²) in [6, 6.07) is 2.82. The molecule has 1 heterocycles. The number of nitrogens with two attached hydrogens (primary N) is 1. The highest BCUT2D eigenvalue weighted by molar-refractivity contribution is 6.37. The van der Waals surface area contributed by atoms with Crippen LogP contribution < -0.4 is 5.73 Å². The summed E-state index contributed by atoms with van der Waals surface area (Å²) in [5.74, 6) is -0.0247. The van der Waals surface area contributed by atoms with E-state index in [1.807, 2.05) is 0 Å². The molecule has 126 valence electrons. The maximum atomic E-state index is 12.2. The summed E-state index contributed by atoms with van der Waals surface area (Å²) < 4.78 is 5.08. The van der Waals surface area contributed by atoms with Crippen molar-refractivity contribution >= 4 is 40.8 Å². The third-order valence-corrected chi connectivity index (χ3v) is 4.39. The molecule has 0 radical (unpaired) electrons. The Bertz CT molecular complexity index is 612. The standard InChI is InChI=1S/C16H20Cl2N2O3/c1-9-3-10(2)7-20(6-9)14(21)8-23-16(22)12-4-11(17)5-13(18)15(12)19/h4-5,9-10H,3,6-8,19H2,1-2H3. The molecular weight excluding hydrogens is 339 g/mol. The zero-order chi connectivity index (χ0) is 17.1. The van der Waals surface area contributed by atoms with Gasteiger partial charge in [0.2, 0.25) is 0 Å². The average molecular weight is 359 g/mol. The average Bonchev–Trinajstić information content (AvgIpc) is 2.47. The molecule has 1 saturated heterocycles. The number of esters is 1. The Morgan fingerprint density at radius 2 is 1.87 bits per heavy atom. The lowest BCUT2D eigenvalue weighted by molar-refractivity contribution is -0.137. The number of ether oxygens (including phenoxy) is 1. The van der Waals surface area contributed by atoms with Crippen LogP contribution in [0.2, 0.25) is 10.0 Å². The number of hydrogen-bond donors (Lipinski definition) is 1. The molecule has 2 atom stereocenters. The van der Waals surface area contributed by atoms with Crippen molar-refractivity contribution < 1.29 is 14.3 Å². The molecule has 0 spiro atoms. The fraction of sp³-hybridized carbons (Fsp3) is 0.500. The van der Waals surface area contributed by atoms with Crippen molar-refractivity contribution in [3.8, 4) is 0 Å². The van der Waals surface area contributed by atoms with Crippen molar-refractivity contribution in [2.75, 3.05) is 25.4 Å². The molecule has 2 rings (SSSR count). The second kappa shape index (κ2) is 7.41. The van der Waals surface area contributed by atoms with E-state index in [-0.39, 0.29) is 33.8 Å². The Kier molecular flexibility index (Phi) is 5.76. The van der Waals surface area contributed by atoms with Crippen LogP contribution in [0.1, 0.15) is 30.6 Å². The van der Waals surface area contributed by atoms with E-state index in [1.165, 1.54) is 12.1 Å². The molecular formula is C16H20Cl2N2O3. The molecule has 0 saturated carbocycles. The molecule has 1 amide bonds. The van der Waals surface area contributed by atoms with E-state index in [9.17, 15) is 9.59 Å². The first-order valence-corrected chi connectivity index (χ1v) is 8.23. The number of hydrogen-bond acceptors (Lipinski definition) is 4. The monoisotopic (exact) mass is 358 g/mol. The number of carbonyl (C=O) groups is 2. The zero-order valence-electron chi connectivity index (χ0n) is 13.1. The Morgan fingerprint density at radius 3 is 2.48 bits per heavy atom. The van der Waals surface area contributed by atoms with Crippen molar-refractivity contribution in [2.45, 2.75) is 20.3 Å². The van der Waals surface area contributed by atoms with Gasteiger partial charge >= 0.3 is 5.97 Å². The van der Waals surface area contributed by atoms with E-state index < -0.39 is 5.97 Å². The van der Waals surface area contributed by atoms with Crippen LogP contribution in [-0.2, 0) is 9.53 Å². The lowest BCUT2D eigenvalue weighted by Crippen LogP contribution is -2.44. The lowest BCUT2D eigenvalue weighted by Gasteiger charge is -2.34. The summed E-state index contributed by atoms with van der Waals surface area (Å²) in [6.07, 6.45) is 1.10. The molecule has 5 nitrogen and oxygen atoms in total. The lowest BCUT2D eigenvalue weighted by atomic mass is 9.92. The normalized spacial score (nSPS) is 21.1. The fourth-order valence-electron chi connectivity index (χ4n) is 2.92. The Balaban J connectivity index is 1.98. The van der Waals surface area contributed by atoms with Crippen LogP contribution in [0.25, 0.3) is 0 Å². The molecule has 0 bridgehead atoms. The van der Waals surface area contributed by atoms with Gasteiger partial charge < -0.3 is 15.4 Å². The summed E-state index contributed by atoms with van der Waals surface area (Å²) in [5, 5.41) is 0.454.